The molecule has 2 aliphatic heterocycles. The molecule has 150 valence electrons. The summed E-state index contributed by atoms with van der Waals surface area (Å²) in [4.78, 5) is 24.1. The van der Waals surface area contributed by atoms with Crippen LogP contribution in [0, 0.1) is 5.92 Å². The van der Waals surface area contributed by atoms with Crippen molar-refractivity contribution in [3.05, 3.63) is 30.1 Å². The third-order valence-electron chi connectivity index (χ3n) is 6.01. The number of amides is 1. The van der Waals surface area contributed by atoms with E-state index >= 15 is 0 Å². The predicted molar refractivity (Wildman–Crippen MR) is 113 cm³/mol. The molecule has 0 spiro atoms. The van der Waals surface area contributed by atoms with E-state index in [1.54, 1.807) is 11.8 Å². The molecule has 1 unspecified atom stereocenters. The van der Waals surface area contributed by atoms with E-state index in [0.29, 0.717) is 11.9 Å². The topological polar surface area (TPSA) is 39.7 Å². The maximum absolute atomic E-state index is 12.8. The van der Waals surface area contributed by atoms with Crippen LogP contribution in [0.4, 0.5) is 0 Å². The minimum atomic E-state index is 0.194. The minimum absolute atomic E-state index is 0.194. The second-order valence-electron chi connectivity index (χ2n) is 7.96. The first kappa shape index (κ1) is 20.6. The quantitative estimate of drug-likeness (QED) is 0.716. The van der Waals surface area contributed by atoms with Gasteiger partial charge in [-0.1, -0.05) is 6.07 Å². The van der Waals surface area contributed by atoms with Crippen molar-refractivity contribution in [3.63, 3.8) is 0 Å². The monoisotopic (exact) mass is 390 g/mol. The number of pyridine rings is 1. The molecule has 0 N–H and O–H groups in total. The van der Waals surface area contributed by atoms with Crippen LogP contribution in [0.1, 0.15) is 31.2 Å². The summed E-state index contributed by atoms with van der Waals surface area (Å²) in [5, 5.41) is 0. The molecule has 1 amide bonds. The zero-order chi connectivity index (χ0) is 19.1. The van der Waals surface area contributed by atoms with Gasteiger partial charge in [0.15, 0.2) is 0 Å². The summed E-state index contributed by atoms with van der Waals surface area (Å²) in [5.74, 6) is 1.57. The standard InChI is InChI=1S/C21H34N4OS/c1-23(13-14-27-2)21(26)19-6-4-10-25(17-19)20-7-11-24(12-8-20)16-18-5-3-9-22-15-18/h3,5,9,15,19-20H,4,6-8,10-14,16-17H2,1-2H3. The van der Waals surface area contributed by atoms with Gasteiger partial charge in [-0.15, -0.1) is 0 Å². The molecule has 1 aromatic heterocycles. The van der Waals surface area contributed by atoms with Gasteiger partial charge in [0.25, 0.3) is 0 Å². The highest BCUT2D eigenvalue weighted by molar-refractivity contribution is 7.98. The summed E-state index contributed by atoms with van der Waals surface area (Å²) in [6, 6.07) is 4.82. The van der Waals surface area contributed by atoms with Gasteiger partial charge in [-0.25, -0.2) is 0 Å². The zero-order valence-corrected chi connectivity index (χ0v) is 17.7. The van der Waals surface area contributed by atoms with Crippen molar-refractivity contribution in [2.24, 2.45) is 5.92 Å². The molecule has 0 aromatic carbocycles. The first-order chi connectivity index (χ1) is 13.2. The highest BCUT2D eigenvalue weighted by Crippen LogP contribution is 2.25. The number of piperidine rings is 2. The van der Waals surface area contributed by atoms with Crippen LogP contribution in [0.3, 0.4) is 0 Å². The van der Waals surface area contributed by atoms with E-state index in [4.69, 9.17) is 0 Å². The van der Waals surface area contributed by atoms with Crippen LogP contribution in [-0.2, 0) is 11.3 Å². The van der Waals surface area contributed by atoms with Crippen molar-refractivity contribution < 1.29 is 4.79 Å². The number of hydrogen-bond acceptors (Lipinski definition) is 5. The molecule has 0 bridgehead atoms. The van der Waals surface area contributed by atoms with Crippen LogP contribution in [-0.4, -0.2) is 83.4 Å². The molecule has 0 saturated carbocycles. The van der Waals surface area contributed by atoms with E-state index in [2.05, 4.69) is 27.1 Å². The van der Waals surface area contributed by atoms with Crippen LogP contribution in [0.15, 0.2) is 24.5 Å². The first-order valence-corrected chi connectivity index (χ1v) is 11.7. The molecule has 2 aliphatic rings. The zero-order valence-electron chi connectivity index (χ0n) is 16.8. The summed E-state index contributed by atoms with van der Waals surface area (Å²) >= 11 is 1.81. The van der Waals surface area contributed by atoms with Crippen LogP contribution < -0.4 is 0 Å². The molecule has 27 heavy (non-hydrogen) atoms. The maximum Gasteiger partial charge on any atom is 0.226 e. The van der Waals surface area contributed by atoms with Crippen LogP contribution in [0.2, 0.25) is 0 Å². The van der Waals surface area contributed by atoms with Gasteiger partial charge in [0, 0.05) is 50.9 Å². The summed E-state index contributed by atoms with van der Waals surface area (Å²) < 4.78 is 0. The number of rotatable bonds is 7. The van der Waals surface area contributed by atoms with Gasteiger partial charge in [0.05, 0.1) is 5.92 Å². The number of nitrogens with zero attached hydrogens (tertiary/aromatic N) is 4. The second kappa shape index (κ2) is 10.4. The molecule has 0 radical (unpaired) electrons. The van der Waals surface area contributed by atoms with Gasteiger partial charge >= 0.3 is 0 Å². The van der Waals surface area contributed by atoms with Crippen LogP contribution >= 0.6 is 11.8 Å². The van der Waals surface area contributed by atoms with Gasteiger partial charge in [0.2, 0.25) is 5.91 Å². The van der Waals surface area contributed by atoms with Crippen molar-refractivity contribution in [1.82, 2.24) is 19.7 Å². The fourth-order valence-corrected chi connectivity index (χ4v) is 4.84. The number of carbonyl (C=O) groups excluding carboxylic acids is 1. The second-order valence-corrected chi connectivity index (χ2v) is 8.94. The largest absolute Gasteiger partial charge is 0.345 e. The van der Waals surface area contributed by atoms with Crippen LogP contribution in [0.5, 0.6) is 0 Å². The molecule has 0 aliphatic carbocycles. The van der Waals surface area contributed by atoms with Crippen molar-refractivity contribution in [2.45, 2.75) is 38.3 Å². The summed E-state index contributed by atoms with van der Waals surface area (Å²) in [6.07, 6.45) is 10.5. The summed E-state index contributed by atoms with van der Waals surface area (Å²) in [6.45, 7) is 6.26. The SMILES string of the molecule is CSCCN(C)C(=O)C1CCCN(C2CCN(Cc3cccnc3)CC2)C1. The van der Waals surface area contributed by atoms with Gasteiger partial charge < -0.3 is 4.90 Å². The number of likely N-dealkylation sites (tertiary alicyclic amines) is 2. The molecular weight excluding hydrogens is 356 g/mol. The fourth-order valence-electron chi connectivity index (χ4n) is 4.38. The average Bonchev–Trinajstić information content (AvgIpc) is 2.73. The summed E-state index contributed by atoms with van der Waals surface area (Å²) in [5.41, 5.74) is 1.30. The predicted octanol–water partition coefficient (Wildman–Crippen LogP) is 2.58. The summed E-state index contributed by atoms with van der Waals surface area (Å²) in [7, 11) is 1.97. The Morgan fingerprint density at radius 2 is 2.11 bits per heavy atom. The Kier molecular flexibility index (Phi) is 7.97. The number of thioether (sulfide) groups is 1. The van der Waals surface area contributed by atoms with Crippen LogP contribution in [0.25, 0.3) is 0 Å². The number of hydrogen-bond donors (Lipinski definition) is 0. The fraction of sp³-hybridized carbons (Fsp3) is 0.714. The minimum Gasteiger partial charge on any atom is -0.345 e. The van der Waals surface area contributed by atoms with E-state index in [0.717, 1.165) is 57.9 Å². The average molecular weight is 391 g/mol. The Labute approximate surface area is 168 Å². The van der Waals surface area contributed by atoms with Gasteiger partial charge in [-0.05, 0) is 63.2 Å². The van der Waals surface area contributed by atoms with Gasteiger partial charge in [0.1, 0.15) is 0 Å². The third kappa shape index (κ3) is 5.93. The van der Waals surface area contributed by atoms with Crippen molar-refractivity contribution in [2.75, 3.05) is 51.8 Å². The number of aromatic nitrogens is 1. The Bertz CT molecular complexity index is 577. The van der Waals surface area contributed by atoms with E-state index in [-0.39, 0.29) is 5.92 Å². The highest BCUT2D eigenvalue weighted by atomic mass is 32.2. The molecular formula is C21H34N4OS. The molecule has 1 aromatic rings. The lowest BCUT2D eigenvalue weighted by atomic mass is 9.93. The van der Waals surface area contributed by atoms with Gasteiger partial charge in [-0.3, -0.25) is 19.6 Å². The van der Waals surface area contributed by atoms with Crippen molar-refractivity contribution >= 4 is 17.7 Å². The molecule has 1 atom stereocenters. The molecule has 6 heteroatoms. The first-order valence-electron chi connectivity index (χ1n) is 10.3. The lowest BCUT2D eigenvalue weighted by Crippen LogP contribution is -2.51. The van der Waals surface area contributed by atoms with E-state index in [1.807, 2.05) is 30.4 Å². The molecule has 3 rings (SSSR count). The Morgan fingerprint density at radius 3 is 2.81 bits per heavy atom. The Balaban J connectivity index is 1.46. The molecule has 2 saturated heterocycles. The Hall–Kier alpha value is -1.11. The van der Waals surface area contributed by atoms with E-state index in [9.17, 15) is 4.79 Å². The van der Waals surface area contributed by atoms with Crippen molar-refractivity contribution in [1.29, 1.82) is 0 Å². The molecule has 3 heterocycles. The lowest BCUT2D eigenvalue weighted by Gasteiger charge is -2.42. The highest BCUT2D eigenvalue weighted by Gasteiger charge is 2.32. The molecule has 2 fully saturated rings. The maximum atomic E-state index is 12.8. The van der Waals surface area contributed by atoms with Crippen molar-refractivity contribution in [3.8, 4) is 0 Å². The lowest BCUT2D eigenvalue weighted by molar-refractivity contribution is -0.136. The molecule has 5 nitrogen and oxygen atoms in total. The third-order valence-corrected chi connectivity index (χ3v) is 6.60. The van der Waals surface area contributed by atoms with E-state index < -0.39 is 0 Å². The van der Waals surface area contributed by atoms with E-state index in [1.165, 1.54) is 18.4 Å². The van der Waals surface area contributed by atoms with Gasteiger partial charge in [-0.2, -0.15) is 11.8 Å². The number of carbonyl (C=O) groups is 1. The smallest absolute Gasteiger partial charge is 0.226 e. The normalized spacial score (nSPS) is 22.7. The Morgan fingerprint density at radius 1 is 1.30 bits per heavy atom.